The SMILES string of the molecule is COC(=O)c1ccc(-c2c[nH]c(=O)c(Br)c2OCc2ccccc2)cc1. The number of H-pyrrole nitrogens is 1. The molecule has 0 bridgehead atoms. The minimum Gasteiger partial charge on any atom is -0.487 e. The number of ether oxygens (including phenoxy) is 2. The van der Waals surface area contributed by atoms with Crippen molar-refractivity contribution in [1.82, 2.24) is 4.98 Å². The van der Waals surface area contributed by atoms with E-state index in [2.05, 4.69) is 20.9 Å². The molecular weight excluding hydrogens is 398 g/mol. The van der Waals surface area contributed by atoms with Crippen LogP contribution in [0.1, 0.15) is 15.9 Å². The Hall–Kier alpha value is -2.86. The Kier molecular flexibility index (Phi) is 5.53. The third kappa shape index (κ3) is 3.86. The van der Waals surface area contributed by atoms with Gasteiger partial charge in [-0.1, -0.05) is 42.5 Å². The van der Waals surface area contributed by atoms with Crippen molar-refractivity contribution in [2.24, 2.45) is 0 Å². The molecule has 0 unspecified atom stereocenters. The molecule has 0 atom stereocenters. The van der Waals surface area contributed by atoms with Crippen molar-refractivity contribution in [1.29, 1.82) is 0 Å². The number of nitrogens with one attached hydrogen (secondary N) is 1. The summed E-state index contributed by atoms with van der Waals surface area (Å²) in [5, 5.41) is 0. The van der Waals surface area contributed by atoms with E-state index in [4.69, 9.17) is 9.47 Å². The molecule has 0 aliphatic carbocycles. The summed E-state index contributed by atoms with van der Waals surface area (Å²) in [6, 6.07) is 16.6. The Morgan fingerprint density at radius 3 is 2.42 bits per heavy atom. The van der Waals surface area contributed by atoms with Crippen LogP contribution in [0.15, 0.2) is 70.1 Å². The van der Waals surface area contributed by atoms with Crippen molar-refractivity contribution in [2.75, 3.05) is 7.11 Å². The second-order valence-corrected chi connectivity index (χ2v) is 6.31. The molecule has 0 spiro atoms. The monoisotopic (exact) mass is 413 g/mol. The van der Waals surface area contributed by atoms with Gasteiger partial charge in [-0.3, -0.25) is 4.79 Å². The summed E-state index contributed by atoms with van der Waals surface area (Å²) in [7, 11) is 1.34. The smallest absolute Gasteiger partial charge is 0.337 e. The first kappa shape index (κ1) is 17.9. The Balaban J connectivity index is 1.95. The van der Waals surface area contributed by atoms with E-state index in [1.807, 2.05) is 30.3 Å². The number of carbonyl (C=O) groups excluding carboxylic acids is 1. The van der Waals surface area contributed by atoms with Gasteiger partial charge in [0.25, 0.3) is 5.56 Å². The molecule has 3 rings (SSSR count). The highest BCUT2D eigenvalue weighted by Crippen LogP contribution is 2.34. The molecule has 1 aromatic heterocycles. The predicted octanol–water partition coefficient (Wildman–Crippen LogP) is 4.17. The summed E-state index contributed by atoms with van der Waals surface area (Å²) >= 11 is 3.31. The van der Waals surface area contributed by atoms with Gasteiger partial charge in [0, 0.05) is 11.8 Å². The lowest BCUT2D eigenvalue weighted by molar-refractivity contribution is 0.0601. The van der Waals surface area contributed by atoms with E-state index < -0.39 is 5.97 Å². The van der Waals surface area contributed by atoms with Crippen LogP contribution in [-0.2, 0) is 11.3 Å². The predicted molar refractivity (Wildman–Crippen MR) is 102 cm³/mol. The molecule has 1 N–H and O–H groups in total. The van der Waals surface area contributed by atoms with Crippen LogP contribution >= 0.6 is 15.9 Å². The first-order valence-electron chi connectivity index (χ1n) is 7.87. The summed E-state index contributed by atoms with van der Waals surface area (Å²) < 4.78 is 11.0. The first-order chi connectivity index (χ1) is 12.6. The number of rotatable bonds is 5. The highest BCUT2D eigenvalue weighted by atomic mass is 79.9. The Bertz CT molecular complexity index is 965. The molecule has 0 aliphatic heterocycles. The van der Waals surface area contributed by atoms with Gasteiger partial charge >= 0.3 is 5.97 Å². The summed E-state index contributed by atoms with van der Waals surface area (Å²) in [5.74, 6) is 0.0446. The maximum Gasteiger partial charge on any atom is 0.337 e. The van der Waals surface area contributed by atoms with Crippen molar-refractivity contribution in [3.05, 3.63) is 86.7 Å². The van der Waals surface area contributed by atoms with E-state index in [1.165, 1.54) is 7.11 Å². The molecule has 0 aliphatic rings. The summed E-state index contributed by atoms with van der Waals surface area (Å²) in [4.78, 5) is 26.2. The number of pyridine rings is 1. The third-order valence-corrected chi connectivity index (χ3v) is 4.55. The van der Waals surface area contributed by atoms with Crippen LogP contribution in [0, 0.1) is 0 Å². The van der Waals surface area contributed by atoms with Crippen LogP contribution in [0.5, 0.6) is 5.75 Å². The molecule has 2 aromatic carbocycles. The Morgan fingerprint density at radius 1 is 1.08 bits per heavy atom. The highest BCUT2D eigenvalue weighted by Gasteiger charge is 2.15. The quantitative estimate of drug-likeness (QED) is 0.637. The van der Waals surface area contributed by atoms with Gasteiger partial charge in [0.15, 0.2) is 0 Å². The van der Waals surface area contributed by atoms with E-state index in [1.54, 1.807) is 30.5 Å². The number of esters is 1. The van der Waals surface area contributed by atoms with Crippen molar-refractivity contribution < 1.29 is 14.3 Å². The van der Waals surface area contributed by atoms with Crippen molar-refractivity contribution in [3.8, 4) is 16.9 Å². The number of halogens is 1. The molecule has 6 heteroatoms. The molecule has 3 aromatic rings. The van der Waals surface area contributed by atoms with Crippen molar-refractivity contribution in [2.45, 2.75) is 6.61 Å². The van der Waals surface area contributed by atoms with Crippen molar-refractivity contribution in [3.63, 3.8) is 0 Å². The molecule has 1 heterocycles. The third-order valence-electron chi connectivity index (χ3n) is 3.83. The van der Waals surface area contributed by atoms with Crippen LogP contribution in [0.25, 0.3) is 11.1 Å². The van der Waals surface area contributed by atoms with Crippen LogP contribution in [-0.4, -0.2) is 18.1 Å². The van der Waals surface area contributed by atoms with Gasteiger partial charge in [0.05, 0.1) is 12.7 Å². The number of hydrogen-bond acceptors (Lipinski definition) is 4. The molecule has 0 saturated heterocycles. The summed E-state index contributed by atoms with van der Waals surface area (Å²) in [6.07, 6.45) is 1.60. The standard InChI is InChI=1S/C20H16BrNO4/c1-25-20(24)15-9-7-14(8-10-15)16-11-22-19(23)17(21)18(16)26-12-13-5-3-2-4-6-13/h2-11H,12H2,1H3,(H,22,23). The lowest BCUT2D eigenvalue weighted by atomic mass is 10.0. The fourth-order valence-corrected chi connectivity index (χ4v) is 2.92. The Morgan fingerprint density at radius 2 is 1.77 bits per heavy atom. The zero-order chi connectivity index (χ0) is 18.5. The van der Waals surface area contributed by atoms with E-state index in [0.717, 1.165) is 11.1 Å². The van der Waals surface area contributed by atoms with Crippen LogP contribution < -0.4 is 10.3 Å². The van der Waals surface area contributed by atoms with Crippen LogP contribution in [0.4, 0.5) is 0 Å². The summed E-state index contributed by atoms with van der Waals surface area (Å²) in [6.45, 7) is 0.330. The zero-order valence-corrected chi connectivity index (χ0v) is 15.6. The normalized spacial score (nSPS) is 10.4. The number of benzene rings is 2. The minimum absolute atomic E-state index is 0.275. The molecule has 132 valence electrons. The van der Waals surface area contributed by atoms with Gasteiger partial charge in [0.1, 0.15) is 16.8 Å². The average molecular weight is 414 g/mol. The van der Waals surface area contributed by atoms with Crippen LogP contribution in [0.3, 0.4) is 0 Å². The molecule has 0 saturated carbocycles. The van der Waals surface area contributed by atoms with E-state index in [0.29, 0.717) is 28.0 Å². The van der Waals surface area contributed by atoms with E-state index in [-0.39, 0.29) is 5.56 Å². The van der Waals surface area contributed by atoms with Gasteiger partial charge in [-0.2, -0.15) is 0 Å². The average Bonchev–Trinajstić information content (AvgIpc) is 2.69. The fraction of sp³-hybridized carbons (Fsp3) is 0.100. The maximum atomic E-state index is 12.0. The zero-order valence-electron chi connectivity index (χ0n) is 14.0. The topological polar surface area (TPSA) is 68.4 Å². The Labute approximate surface area is 158 Å². The van der Waals surface area contributed by atoms with Gasteiger partial charge in [-0.25, -0.2) is 4.79 Å². The number of methoxy groups -OCH3 is 1. The first-order valence-corrected chi connectivity index (χ1v) is 8.66. The number of carbonyl (C=O) groups is 1. The molecule has 0 fully saturated rings. The molecule has 5 nitrogen and oxygen atoms in total. The van der Waals surface area contributed by atoms with E-state index in [9.17, 15) is 9.59 Å². The van der Waals surface area contributed by atoms with Gasteiger partial charge in [-0.15, -0.1) is 0 Å². The largest absolute Gasteiger partial charge is 0.487 e. The van der Waals surface area contributed by atoms with Gasteiger partial charge in [-0.05, 0) is 39.2 Å². The van der Waals surface area contributed by atoms with E-state index >= 15 is 0 Å². The number of aromatic nitrogens is 1. The maximum absolute atomic E-state index is 12.0. The van der Waals surface area contributed by atoms with Crippen molar-refractivity contribution >= 4 is 21.9 Å². The number of aromatic amines is 1. The van der Waals surface area contributed by atoms with Gasteiger partial charge < -0.3 is 14.5 Å². The van der Waals surface area contributed by atoms with Crippen LogP contribution in [0.2, 0.25) is 0 Å². The van der Waals surface area contributed by atoms with Gasteiger partial charge in [0.2, 0.25) is 0 Å². The molecular formula is C20H16BrNO4. The highest BCUT2D eigenvalue weighted by molar-refractivity contribution is 9.10. The lowest BCUT2D eigenvalue weighted by Crippen LogP contribution is -2.10. The minimum atomic E-state index is -0.403. The number of hydrogen-bond donors (Lipinski definition) is 1. The molecule has 0 amide bonds. The second kappa shape index (κ2) is 8.01. The second-order valence-electron chi connectivity index (χ2n) is 5.52. The molecule has 26 heavy (non-hydrogen) atoms. The molecule has 0 radical (unpaired) electrons. The lowest BCUT2D eigenvalue weighted by Gasteiger charge is -2.13. The summed E-state index contributed by atoms with van der Waals surface area (Å²) in [5.41, 5.74) is 2.68. The fourth-order valence-electron chi connectivity index (χ4n) is 2.48.